The van der Waals surface area contributed by atoms with Gasteiger partial charge in [-0.3, -0.25) is 4.79 Å². The fourth-order valence-corrected chi connectivity index (χ4v) is 3.84. The smallest absolute Gasteiger partial charge is 0.265 e. The summed E-state index contributed by atoms with van der Waals surface area (Å²) in [6, 6.07) is 13.9. The lowest BCUT2D eigenvalue weighted by Gasteiger charge is -2.29. The van der Waals surface area contributed by atoms with Gasteiger partial charge in [0.15, 0.2) is 6.61 Å². The van der Waals surface area contributed by atoms with Gasteiger partial charge in [0, 0.05) is 17.5 Å². The fraction of sp³-hybridized carbons (Fsp3) is 0.273. The lowest BCUT2D eigenvalue weighted by atomic mass is 10.1. The van der Waals surface area contributed by atoms with Crippen LogP contribution in [0.1, 0.15) is 17.0 Å². The summed E-state index contributed by atoms with van der Waals surface area (Å²) in [6.07, 6.45) is 0.735. The molecule has 5 nitrogen and oxygen atoms in total. The van der Waals surface area contributed by atoms with Crippen molar-refractivity contribution in [1.29, 1.82) is 0 Å². The van der Waals surface area contributed by atoms with E-state index < -0.39 is 0 Å². The molecule has 0 bridgehead atoms. The molecule has 0 aliphatic carbocycles. The van der Waals surface area contributed by atoms with Crippen LogP contribution in [-0.4, -0.2) is 30.6 Å². The van der Waals surface area contributed by atoms with E-state index in [0.29, 0.717) is 13.2 Å². The molecule has 1 amide bonds. The van der Waals surface area contributed by atoms with Gasteiger partial charge in [0.25, 0.3) is 5.91 Å². The summed E-state index contributed by atoms with van der Waals surface area (Å²) in [5, 5.41) is 3.05. The molecule has 0 radical (unpaired) electrons. The molecule has 0 fully saturated rings. The van der Waals surface area contributed by atoms with E-state index in [4.69, 9.17) is 9.47 Å². The SMILES string of the molecule is Cc1cccc(OCCCN2C(=O)COc3ccc(-c4csc(C)n4)cc32)c1. The zero-order chi connectivity index (χ0) is 19.5. The Morgan fingerprint density at radius 2 is 2.11 bits per heavy atom. The van der Waals surface area contributed by atoms with Crippen molar-refractivity contribution in [3.05, 3.63) is 58.4 Å². The molecular formula is C22H22N2O3S. The Balaban J connectivity index is 1.46. The van der Waals surface area contributed by atoms with Crippen molar-refractivity contribution in [3.8, 4) is 22.8 Å². The van der Waals surface area contributed by atoms with Crippen molar-refractivity contribution in [2.45, 2.75) is 20.3 Å². The highest BCUT2D eigenvalue weighted by Gasteiger charge is 2.25. The van der Waals surface area contributed by atoms with Crippen molar-refractivity contribution in [2.75, 3.05) is 24.7 Å². The Morgan fingerprint density at radius 1 is 1.21 bits per heavy atom. The Morgan fingerprint density at radius 3 is 2.89 bits per heavy atom. The second kappa shape index (κ2) is 8.02. The van der Waals surface area contributed by atoms with Gasteiger partial charge in [0.2, 0.25) is 0 Å². The van der Waals surface area contributed by atoms with Crippen LogP contribution >= 0.6 is 11.3 Å². The average molecular weight is 394 g/mol. The molecule has 0 N–H and O–H groups in total. The molecule has 2 aromatic carbocycles. The first-order valence-electron chi connectivity index (χ1n) is 9.29. The van der Waals surface area contributed by atoms with Gasteiger partial charge in [-0.2, -0.15) is 0 Å². The minimum absolute atomic E-state index is 0.0327. The highest BCUT2D eigenvalue weighted by Crippen LogP contribution is 2.36. The maximum atomic E-state index is 12.5. The summed E-state index contributed by atoms with van der Waals surface area (Å²) in [5.41, 5.74) is 3.88. The molecule has 4 rings (SSSR count). The van der Waals surface area contributed by atoms with Crippen molar-refractivity contribution in [2.24, 2.45) is 0 Å². The van der Waals surface area contributed by atoms with Crippen LogP contribution in [-0.2, 0) is 4.79 Å². The van der Waals surface area contributed by atoms with Gasteiger partial charge in [0.1, 0.15) is 11.5 Å². The van der Waals surface area contributed by atoms with Crippen LogP contribution in [0, 0.1) is 13.8 Å². The Hall–Kier alpha value is -2.86. The van der Waals surface area contributed by atoms with Crippen LogP contribution in [0.4, 0.5) is 5.69 Å². The molecule has 0 saturated carbocycles. The molecular weight excluding hydrogens is 372 g/mol. The van der Waals surface area contributed by atoms with Crippen molar-refractivity contribution < 1.29 is 14.3 Å². The summed E-state index contributed by atoms with van der Waals surface area (Å²) in [5.74, 6) is 1.56. The predicted molar refractivity (Wildman–Crippen MR) is 111 cm³/mol. The molecule has 0 saturated heterocycles. The summed E-state index contributed by atoms with van der Waals surface area (Å²) in [7, 11) is 0. The number of amides is 1. The third-order valence-electron chi connectivity index (χ3n) is 4.60. The fourth-order valence-electron chi connectivity index (χ4n) is 3.22. The molecule has 0 spiro atoms. The van der Waals surface area contributed by atoms with E-state index in [1.165, 1.54) is 5.56 Å². The predicted octanol–water partition coefficient (Wildman–Crippen LogP) is 4.62. The van der Waals surface area contributed by atoms with Crippen LogP contribution < -0.4 is 14.4 Å². The lowest BCUT2D eigenvalue weighted by molar-refractivity contribution is -0.121. The molecule has 28 heavy (non-hydrogen) atoms. The Labute approximate surface area is 168 Å². The number of nitrogens with zero attached hydrogens (tertiary/aromatic N) is 2. The van der Waals surface area contributed by atoms with E-state index in [0.717, 1.165) is 39.9 Å². The number of thiazole rings is 1. The highest BCUT2D eigenvalue weighted by atomic mass is 32.1. The third-order valence-corrected chi connectivity index (χ3v) is 5.37. The quantitative estimate of drug-likeness (QED) is 0.573. The summed E-state index contributed by atoms with van der Waals surface area (Å²) >= 11 is 1.61. The maximum absolute atomic E-state index is 12.5. The Bertz CT molecular complexity index is 999. The number of anilines is 1. The topological polar surface area (TPSA) is 51.7 Å². The number of aromatic nitrogens is 1. The number of benzene rings is 2. The number of carbonyl (C=O) groups is 1. The lowest BCUT2D eigenvalue weighted by Crippen LogP contribution is -2.39. The van der Waals surface area contributed by atoms with Crippen LogP contribution in [0.5, 0.6) is 11.5 Å². The van der Waals surface area contributed by atoms with Crippen LogP contribution in [0.3, 0.4) is 0 Å². The van der Waals surface area contributed by atoms with Crippen LogP contribution in [0.2, 0.25) is 0 Å². The minimum Gasteiger partial charge on any atom is -0.494 e. The van der Waals surface area contributed by atoms with Gasteiger partial charge in [-0.15, -0.1) is 11.3 Å². The standard InChI is InChI=1S/C22H22N2O3S/c1-15-5-3-6-18(11-15)26-10-4-9-24-20-12-17(19-14-28-16(2)23-19)7-8-21(20)27-13-22(24)25/h3,5-8,11-12,14H,4,9-10,13H2,1-2H3. The maximum Gasteiger partial charge on any atom is 0.265 e. The molecule has 6 heteroatoms. The van der Waals surface area contributed by atoms with Crippen LogP contribution in [0.15, 0.2) is 47.8 Å². The number of aryl methyl sites for hydroxylation is 2. The van der Waals surface area contributed by atoms with Crippen molar-refractivity contribution in [3.63, 3.8) is 0 Å². The van der Waals surface area contributed by atoms with Gasteiger partial charge in [-0.25, -0.2) is 4.98 Å². The first-order valence-corrected chi connectivity index (χ1v) is 10.2. The average Bonchev–Trinajstić information content (AvgIpc) is 3.12. The number of hydrogen-bond acceptors (Lipinski definition) is 5. The second-order valence-corrected chi connectivity index (χ2v) is 7.85. The number of carbonyl (C=O) groups excluding carboxylic acids is 1. The second-order valence-electron chi connectivity index (χ2n) is 6.79. The van der Waals surface area contributed by atoms with Crippen molar-refractivity contribution >= 4 is 22.9 Å². The van der Waals surface area contributed by atoms with Gasteiger partial charge in [0.05, 0.1) is 23.0 Å². The van der Waals surface area contributed by atoms with E-state index in [-0.39, 0.29) is 12.5 Å². The molecule has 0 unspecified atom stereocenters. The zero-order valence-electron chi connectivity index (χ0n) is 16.0. The normalized spacial score (nSPS) is 13.2. The summed E-state index contributed by atoms with van der Waals surface area (Å²) in [4.78, 5) is 18.8. The van der Waals surface area contributed by atoms with E-state index in [9.17, 15) is 4.79 Å². The molecule has 2 heterocycles. The van der Waals surface area contributed by atoms with Crippen LogP contribution in [0.25, 0.3) is 11.3 Å². The Kier molecular flexibility index (Phi) is 5.30. The minimum atomic E-state index is -0.0327. The summed E-state index contributed by atoms with van der Waals surface area (Å²) < 4.78 is 11.4. The van der Waals surface area contributed by atoms with E-state index in [2.05, 4.69) is 4.98 Å². The van der Waals surface area contributed by atoms with Gasteiger partial charge >= 0.3 is 0 Å². The number of ether oxygens (including phenoxy) is 2. The largest absolute Gasteiger partial charge is 0.494 e. The first kappa shape index (κ1) is 18.5. The van der Waals surface area contributed by atoms with E-state index >= 15 is 0 Å². The first-order chi connectivity index (χ1) is 13.6. The monoisotopic (exact) mass is 394 g/mol. The molecule has 1 aliphatic heterocycles. The molecule has 3 aromatic rings. The molecule has 1 aromatic heterocycles. The third kappa shape index (κ3) is 4.02. The number of rotatable bonds is 6. The van der Waals surface area contributed by atoms with Gasteiger partial charge in [-0.05, 0) is 56.2 Å². The van der Waals surface area contributed by atoms with Gasteiger partial charge in [-0.1, -0.05) is 12.1 Å². The molecule has 144 valence electrons. The van der Waals surface area contributed by atoms with Crippen molar-refractivity contribution in [1.82, 2.24) is 4.98 Å². The number of hydrogen-bond donors (Lipinski definition) is 0. The molecule has 1 aliphatic rings. The number of fused-ring (bicyclic) bond motifs is 1. The zero-order valence-corrected chi connectivity index (χ0v) is 16.8. The van der Waals surface area contributed by atoms with E-state index in [1.807, 2.05) is 61.7 Å². The molecule has 0 atom stereocenters. The van der Waals surface area contributed by atoms with E-state index in [1.54, 1.807) is 16.2 Å². The van der Waals surface area contributed by atoms with Gasteiger partial charge < -0.3 is 14.4 Å². The highest BCUT2D eigenvalue weighted by molar-refractivity contribution is 7.09. The summed E-state index contributed by atoms with van der Waals surface area (Å²) in [6.45, 7) is 5.23.